The van der Waals surface area contributed by atoms with Crippen LogP contribution in [-0.4, -0.2) is 48.2 Å². The third-order valence-corrected chi connectivity index (χ3v) is 7.22. The van der Waals surface area contributed by atoms with E-state index in [0.717, 1.165) is 9.87 Å². The van der Waals surface area contributed by atoms with Crippen LogP contribution in [-0.2, 0) is 19.6 Å². The molecule has 3 aromatic rings. The summed E-state index contributed by atoms with van der Waals surface area (Å²) in [4.78, 5) is 25.5. The molecule has 0 heterocycles. The number of halogens is 1. The molecule has 0 aliphatic rings. The molecule has 0 fully saturated rings. The molecule has 0 aliphatic heterocycles. The molecule has 0 saturated heterocycles. The lowest BCUT2D eigenvalue weighted by atomic mass is 10.1. The maximum atomic E-state index is 13.5. The van der Waals surface area contributed by atoms with Crippen molar-refractivity contribution in [1.82, 2.24) is 0 Å². The summed E-state index contributed by atoms with van der Waals surface area (Å²) >= 11 is 6.11. The molecule has 0 bridgehead atoms. The minimum absolute atomic E-state index is 0.000743. The van der Waals surface area contributed by atoms with Gasteiger partial charge in [-0.1, -0.05) is 35.4 Å². The van der Waals surface area contributed by atoms with Gasteiger partial charge in [-0.3, -0.25) is 9.10 Å². The number of rotatable bonds is 9. The normalized spacial score (nSPS) is 10.9. The topological polar surface area (TPSA) is 111 Å². The number of nitrogens with one attached hydrogen (secondary N) is 1. The van der Waals surface area contributed by atoms with Gasteiger partial charge in [0.05, 0.1) is 43.2 Å². The molecule has 0 saturated carbocycles. The highest BCUT2D eigenvalue weighted by molar-refractivity contribution is 7.92. The number of hydrogen-bond acceptors (Lipinski definition) is 7. The van der Waals surface area contributed by atoms with Crippen LogP contribution in [0.4, 0.5) is 11.4 Å². The van der Waals surface area contributed by atoms with E-state index in [1.807, 2.05) is 6.92 Å². The zero-order valence-electron chi connectivity index (χ0n) is 20.1. The van der Waals surface area contributed by atoms with Crippen LogP contribution in [0, 0.1) is 6.92 Å². The summed E-state index contributed by atoms with van der Waals surface area (Å²) in [6.07, 6.45) is 0. The molecule has 0 aliphatic carbocycles. The summed E-state index contributed by atoms with van der Waals surface area (Å²) < 4.78 is 43.3. The van der Waals surface area contributed by atoms with Gasteiger partial charge in [0.15, 0.2) is 11.5 Å². The lowest BCUT2D eigenvalue weighted by molar-refractivity contribution is -0.114. The average molecular weight is 533 g/mol. The maximum absolute atomic E-state index is 13.5. The zero-order chi connectivity index (χ0) is 26.5. The quantitative estimate of drug-likeness (QED) is 0.409. The number of amides is 1. The average Bonchev–Trinajstić information content (AvgIpc) is 2.86. The number of carbonyl (C=O) groups excluding carboxylic acids is 2. The molecular weight excluding hydrogens is 508 g/mol. The minimum atomic E-state index is -4.15. The number of anilines is 2. The van der Waals surface area contributed by atoms with Gasteiger partial charge >= 0.3 is 5.97 Å². The SMILES string of the molecule is COC(=O)c1cc(OC)c(OC)cc1NC(=O)CN(c1cccc(Cl)c1)S(=O)(=O)c1ccc(C)cc1. The number of aryl methyl sites for hydroxylation is 1. The molecule has 36 heavy (non-hydrogen) atoms. The lowest BCUT2D eigenvalue weighted by Gasteiger charge is -2.24. The van der Waals surface area contributed by atoms with Gasteiger partial charge in [-0.15, -0.1) is 0 Å². The monoisotopic (exact) mass is 532 g/mol. The number of nitrogens with zero attached hydrogens (tertiary/aromatic N) is 1. The van der Waals surface area contributed by atoms with Gasteiger partial charge < -0.3 is 19.5 Å². The second-order valence-corrected chi connectivity index (χ2v) is 9.90. The third kappa shape index (κ3) is 5.89. The summed E-state index contributed by atoms with van der Waals surface area (Å²) in [6.45, 7) is 1.23. The first-order valence-corrected chi connectivity index (χ1v) is 12.4. The highest BCUT2D eigenvalue weighted by Gasteiger charge is 2.28. The predicted octanol–water partition coefficient (Wildman–Crippen LogP) is 4.29. The Bertz CT molecular complexity index is 1380. The molecule has 11 heteroatoms. The molecule has 1 amide bonds. The summed E-state index contributed by atoms with van der Waals surface area (Å²) in [5.41, 5.74) is 1.13. The van der Waals surface area contributed by atoms with Gasteiger partial charge in [0.2, 0.25) is 5.91 Å². The molecule has 0 spiro atoms. The van der Waals surface area contributed by atoms with E-state index in [1.54, 1.807) is 24.3 Å². The van der Waals surface area contributed by atoms with Gasteiger partial charge in [0, 0.05) is 17.2 Å². The minimum Gasteiger partial charge on any atom is -0.493 e. The number of benzene rings is 3. The van der Waals surface area contributed by atoms with Gasteiger partial charge in [-0.25, -0.2) is 13.2 Å². The van der Waals surface area contributed by atoms with Gasteiger partial charge in [-0.2, -0.15) is 0 Å². The highest BCUT2D eigenvalue weighted by Crippen LogP contribution is 2.34. The first-order chi connectivity index (χ1) is 17.1. The lowest BCUT2D eigenvalue weighted by Crippen LogP contribution is -2.38. The van der Waals surface area contributed by atoms with Crippen molar-refractivity contribution < 1.29 is 32.2 Å². The van der Waals surface area contributed by atoms with Crippen LogP contribution < -0.4 is 19.1 Å². The maximum Gasteiger partial charge on any atom is 0.340 e. The van der Waals surface area contributed by atoms with Crippen LogP contribution in [0.25, 0.3) is 0 Å². The molecule has 1 N–H and O–H groups in total. The van der Waals surface area contributed by atoms with E-state index in [9.17, 15) is 18.0 Å². The van der Waals surface area contributed by atoms with Crippen LogP contribution in [0.3, 0.4) is 0 Å². The highest BCUT2D eigenvalue weighted by atomic mass is 35.5. The Morgan fingerprint density at radius 1 is 0.944 bits per heavy atom. The molecule has 9 nitrogen and oxygen atoms in total. The number of hydrogen-bond donors (Lipinski definition) is 1. The van der Waals surface area contributed by atoms with E-state index in [-0.39, 0.29) is 33.3 Å². The van der Waals surface area contributed by atoms with Crippen molar-refractivity contribution in [3.63, 3.8) is 0 Å². The van der Waals surface area contributed by atoms with Crippen LogP contribution in [0.15, 0.2) is 65.6 Å². The van der Waals surface area contributed by atoms with Gasteiger partial charge in [0.1, 0.15) is 6.54 Å². The number of carbonyl (C=O) groups is 2. The Morgan fingerprint density at radius 2 is 1.58 bits per heavy atom. The first kappa shape index (κ1) is 26.8. The van der Waals surface area contributed by atoms with Gasteiger partial charge in [-0.05, 0) is 37.3 Å². The second kappa shape index (κ2) is 11.3. The molecule has 0 radical (unpaired) electrons. The van der Waals surface area contributed by atoms with Crippen molar-refractivity contribution in [2.75, 3.05) is 37.5 Å². The fourth-order valence-corrected chi connectivity index (χ4v) is 4.96. The number of ether oxygens (including phenoxy) is 3. The van der Waals surface area contributed by atoms with Crippen molar-refractivity contribution in [3.05, 3.63) is 76.8 Å². The molecular formula is C25H25ClN2O7S. The van der Waals surface area contributed by atoms with Crippen molar-refractivity contribution in [2.24, 2.45) is 0 Å². The van der Waals surface area contributed by atoms with E-state index in [0.29, 0.717) is 5.02 Å². The van der Waals surface area contributed by atoms with E-state index in [2.05, 4.69) is 5.32 Å². The van der Waals surface area contributed by atoms with Crippen LogP contribution in [0.5, 0.6) is 11.5 Å². The van der Waals surface area contributed by atoms with Crippen molar-refractivity contribution in [1.29, 1.82) is 0 Å². The van der Waals surface area contributed by atoms with Crippen molar-refractivity contribution in [2.45, 2.75) is 11.8 Å². The van der Waals surface area contributed by atoms with Crippen LogP contribution in [0.2, 0.25) is 5.02 Å². The fourth-order valence-electron chi connectivity index (χ4n) is 3.37. The Labute approximate surface area is 214 Å². The van der Waals surface area contributed by atoms with Crippen LogP contribution in [0.1, 0.15) is 15.9 Å². The molecule has 3 rings (SSSR count). The number of esters is 1. The summed E-state index contributed by atoms with van der Waals surface area (Å²) in [5, 5.41) is 2.88. The van der Waals surface area contributed by atoms with E-state index in [4.69, 9.17) is 25.8 Å². The number of methoxy groups -OCH3 is 3. The smallest absolute Gasteiger partial charge is 0.340 e. The predicted molar refractivity (Wildman–Crippen MR) is 137 cm³/mol. The van der Waals surface area contributed by atoms with Crippen molar-refractivity contribution in [3.8, 4) is 11.5 Å². The van der Waals surface area contributed by atoms with Gasteiger partial charge in [0.25, 0.3) is 10.0 Å². The Balaban J connectivity index is 2.02. The molecule has 0 atom stereocenters. The first-order valence-electron chi connectivity index (χ1n) is 10.6. The van der Waals surface area contributed by atoms with E-state index < -0.39 is 28.4 Å². The summed E-state index contributed by atoms with van der Waals surface area (Å²) in [7, 11) is -0.160. The molecule has 3 aromatic carbocycles. The Kier molecular flexibility index (Phi) is 8.44. The third-order valence-electron chi connectivity index (χ3n) is 5.20. The Morgan fingerprint density at radius 3 is 2.17 bits per heavy atom. The largest absolute Gasteiger partial charge is 0.493 e. The van der Waals surface area contributed by atoms with Crippen molar-refractivity contribution >= 4 is 44.9 Å². The molecule has 0 unspecified atom stereocenters. The Hall–Kier alpha value is -3.76. The van der Waals surface area contributed by atoms with Crippen LogP contribution >= 0.6 is 11.6 Å². The fraction of sp³-hybridized carbons (Fsp3) is 0.200. The molecule has 190 valence electrons. The standard InChI is InChI=1S/C25H25ClN2O7S/c1-16-8-10-19(11-9-16)36(31,32)28(18-7-5-6-17(26)12-18)15-24(29)27-21-14-23(34-3)22(33-2)13-20(21)25(30)35-4/h5-14H,15H2,1-4H3,(H,27,29). The summed E-state index contributed by atoms with van der Waals surface area (Å²) in [5.74, 6) is -0.953. The molecule has 0 aromatic heterocycles. The van der Waals surface area contributed by atoms with E-state index in [1.165, 1.54) is 57.7 Å². The number of sulfonamides is 1. The summed E-state index contributed by atoms with van der Waals surface area (Å²) in [6, 6.07) is 15.1. The second-order valence-electron chi connectivity index (χ2n) is 7.60. The van der Waals surface area contributed by atoms with E-state index >= 15 is 0 Å². The zero-order valence-corrected chi connectivity index (χ0v) is 21.6.